The molecule has 1 atom stereocenters. The third kappa shape index (κ3) is 7.70. The number of allylic oxidation sites excluding steroid dienone is 1. The average molecular weight is 439 g/mol. The number of aliphatic hydroxyl groups excluding tert-OH is 2. The van der Waals surface area contributed by atoms with E-state index in [4.69, 9.17) is 6.58 Å². The van der Waals surface area contributed by atoms with Gasteiger partial charge in [0.2, 0.25) is 5.91 Å². The number of ether oxygens (including phenoxy) is 1. The average Bonchev–Trinajstić information content (AvgIpc) is 2.74. The molecule has 0 aromatic heterocycles. The van der Waals surface area contributed by atoms with E-state index in [0.29, 0.717) is 16.7 Å². The van der Waals surface area contributed by atoms with Crippen LogP contribution in [0.3, 0.4) is 0 Å². The van der Waals surface area contributed by atoms with E-state index in [1.54, 1.807) is 6.07 Å². The molecule has 0 aliphatic heterocycles. The second-order valence-corrected chi connectivity index (χ2v) is 6.13. The normalized spacial score (nSPS) is 12.0. The molecule has 0 bridgehead atoms. The first kappa shape index (κ1) is 27.2. The van der Waals surface area contributed by atoms with Gasteiger partial charge in [-0.15, -0.1) is 42.6 Å². The minimum atomic E-state index is -4.81. The summed E-state index contributed by atoms with van der Waals surface area (Å²) in [7, 11) is 0. The minimum Gasteiger partial charge on any atom is -0.406 e. The first-order chi connectivity index (χ1) is 14.7. The number of nitrogens with zero attached hydrogens (tertiary/aromatic N) is 1. The summed E-state index contributed by atoms with van der Waals surface area (Å²) in [5.41, 5.74) is 1.65. The first-order valence-electron chi connectivity index (χ1n) is 8.90. The van der Waals surface area contributed by atoms with Crippen LogP contribution in [0, 0.1) is 12.6 Å². The van der Waals surface area contributed by atoms with E-state index in [1.807, 2.05) is 0 Å². The summed E-state index contributed by atoms with van der Waals surface area (Å²) in [5.74, 6) is -0.856. The number of aliphatic imine (C=N–C) groups is 1. The largest absolute Gasteiger partial charge is 1.00 e. The van der Waals surface area contributed by atoms with Crippen LogP contribution in [0.25, 0.3) is 11.1 Å². The molecule has 1 amide bonds. The number of alkyl halides is 3. The predicted octanol–water partition coefficient (Wildman–Crippen LogP) is 0.576. The van der Waals surface area contributed by atoms with Crippen LogP contribution in [-0.4, -0.2) is 35.3 Å². The van der Waals surface area contributed by atoms with Crippen molar-refractivity contribution in [2.24, 2.45) is 4.99 Å². The SMILES string of the molecule is [CH-]=CC=Nc1[c-]c(-c2ccc(OC(F)(F)F)cc2)cc(CNC(=O)C=C)c1[C@H](O)CO.[Li+]. The number of benzene rings is 2. The van der Waals surface area contributed by atoms with E-state index in [1.165, 1.54) is 18.3 Å². The van der Waals surface area contributed by atoms with Gasteiger partial charge in [0.1, 0.15) is 5.75 Å². The van der Waals surface area contributed by atoms with E-state index in [9.17, 15) is 28.2 Å². The third-order valence-corrected chi connectivity index (χ3v) is 4.01. The summed E-state index contributed by atoms with van der Waals surface area (Å²) in [4.78, 5) is 15.7. The molecule has 0 saturated heterocycles. The Bertz CT molecular complexity index is 976. The van der Waals surface area contributed by atoms with Gasteiger partial charge < -0.3 is 25.3 Å². The quantitative estimate of drug-likeness (QED) is 0.231. The molecular formula is C22H19F3LiN2O4-. The zero-order chi connectivity index (χ0) is 23.0. The predicted molar refractivity (Wildman–Crippen MR) is 109 cm³/mol. The van der Waals surface area contributed by atoms with E-state index < -0.39 is 30.7 Å². The minimum absolute atomic E-state index is 0. The molecule has 0 heterocycles. The van der Waals surface area contributed by atoms with E-state index >= 15 is 0 Å². The van der Waals surface area contributed by atoms with Crippen molar-refractivity contribution in [3.05, 3.63) is 72.8 Å². The number of halogens is 3. The summed E-state index contributed by atoms with van der Waals surface area (Å²) < 4.78 is 41.0. The molecule has 0 aliphatic rings. The Morgan fingerprint density at radius 2 is 2.00 bits per heavy atom. The van der Waals surface area contributed by atoms with Crippen LogP contribution in [0.4, 0.5) is 18.9 Å². The number of carbonyl (C=O) groups excluding carboxylic acids is 1. The van der Waals surface area contributed by atoms with Gasteiger partial charge in [-0.3, -0.25) is 11.4 Å². The van der Waals surface area contributed by atoms with Crippen LogP contribution < -0.4 is 28.9 Å². The molecule has 0 fully saturated rings. The Labute approximate surface area is 195 Å². The Morgan fingerprint density at radius 1 is 1.34 bits per heavy atom. The summed E-state index contributed by atoms with van der Waals surface area (Å²) in [6.07, 6.45) is -2.67. The van der Waals surface area contributed by atoms with Gasteiger partial charge in [-0.05, 0) is 23.9 Å². The molecule has 2 rings (SSSR count). The van der Waals surface area contributed by atoms with Crippen molar-refractivity contribution in [2.75, 3.05) is 6.61 Å². The Hall–Kier alpha value is -2.83. The second-order valence-electron chi connectivity index (χ2n) is 6.13. The number of amides is 1. The van der Waals surface area contributed by atoms with Crippen molar-refractivity contribution in [3.63, 3.8) is 0 Å². The molecule has 3 N–H and O–H groups in total. The van der Waals surface area contributed by atoms with Gasteiger partial charge >= 0.3 is 25.2 Å². The van der Waals surface area contributed by atoms with Crippen molar-refractivity contribution in [3.8, 4) is 16.9 Å². The molecule has 0 aliphatic carbocycles. The van der Waals surface area contributed by atoms with Gasteiger partial charge in [-0.2, -0.15) is 0 Å². The molecule has 32 heavy (non-hydrogen) atoms. The fourth-order valence-corrected chi connectivity index (χ4v) is 2.71. The zero-order valence-corrected chi connectivity index (χ0v) is 17.2. The molecule has 0 saturated carbocycles. The van der Waals surface area contributed by atoms with E-state index in [0.717, 1.165) is 24.3 Å². The summed E-state index contributed by atoms with van der Waals surface area (Å²) in [6, 6.07) is 9.59. The summed E-state index contributed by atoms with van der Waals surface area (Å²) >= 11 is 0. The van der Waals surface area contributed by atoms with Crippen molar-refractivity contribution in [1.29, 1.82) is 0 Å². The third-order valence-electron chi connectivity index (χ3n) is 4.01. The number of nitrogens with one attached hydrogen (secondary N) is 1. The van der Waals surface area contributed by atoms with E-state index in [-0.39, 0.29) is 36.7 Å². The van der Waals surface area contributed by atoms with Crippen LogP contribution in [0.15, 0.2) is 54.1 Å². The molecular weight excluding hydrogens is 420 g/mol. The Morgan fingerprint density at radius 3 is 2.53 bits per heavy atom. The fourth-order valence-electron chi connectivity index (χ4n) is 2.71. The van der Waals surface area contributed by atoms with Crippen molar-refractivity contribution in [2.45, 2.75) is 19.0 Å². The molecule has 164 valence electrons. The topological polar surface area (TPSA) is 91.2 Å². The summed E-state index contributed by atoms with van der Waals surface area (Å²) in [6.45, 7) is 8.04. The van der Waals surface area contributed by atoms with Gasteiger partial charge in [-0.25, -0.2) is 6.08 Å². The second kappa shape index (κ2) is 12.3. The van der Waals surface area contributed by atoms with Crippen molar-refractivity contribution < 1.29 is 51.8 Å². The van der Waals surface area contributed by atoms with Crippen LogP contribution >= 0.6 is 0 Å². The Kier molecular flexibility index (Phi) is 10.4. The van der Waals surface area contributed by atoms with Gasteiger partial charge in [0.25, 0.3) is 0 Å². The van der Waals surface area contributed by atoms with Crippen molar-refractivity contribution >= 4 is 17.8 Å². The maximum atomic E-state index is 12.4. The number of rotatable bonds is 9. The molecule has 2 aromatic rings. The fraction of sp³-hybridized carbons (Fsp3) is 0.182. The molecule has 2 aromatic carbocycles. The number of hydrogen-bond acceptors (Lipinski definition) is 5. The molecule has 0 spiro atoms. The van der Waals surface area contributed by atoms with Crippen LogP contribution in [0.1, 0.15) is 17.2 Å². The van der Waals surface area contributed by atoms with E-state index in [2.05, 4.69) is 27.7 Å². The van der Waals surface area contributed by atoms with Crippen LogP contribution in [-0.2, 0) is 11.3 Å². The smallest absolute Gasteiger partial charge is 0.406 e. The number of carbonyl (C=O) groups is 1. The van der Waals surface area contributed by atoms with Gasteiger partial charge in [-0.1, -0.05) is 29.8 Å². The molecule has 0 radical (unpaired) electrons. The van der Waals surface area contributed by atoms with Crippen molar-refractivity contribution in [1.82, 2.24) is 5.32 Å². The van der Waals surface area contributed by atoms with Crippen LogP contribution in [0.2, 0.25) is 0 Å². The number of hydrogen-bond donors (Lipinski definition) is 3. The summed E-state index contributed by atoms with van der Waals surface area (Å²) in [5, 5.41) is 22.3. The molecule has 10 heteroatoms. The maximum absolute atomic E-state index is 12.4. The standard InChI is InChI=1S/C22H19F3N2O4.Li/c1-3-9-26-18-11-15(14-5-7-17(8-6-14)31-22(23,24)25)10-16(12-27-20(30)4-2)21(18)19(29)13-28;/h1,3-10,19,28-29H,2,12-13H2,(H,27,30);/q-2;+1/t19-;/m1./s1. The van der Waals surface area contributed by atoms with Crippen LogP contribution in [0.5, 0.6) is 5.75 Å². The maximum Gasteiger partial charge on any atom is 1.00 e. The van der Waals surface area contributed by atoms with Gasteiger partial charge in [0, 0.05) is 6.54 Å². The number of aliphatic hydroxyl groups is 2. The monoisotopic (exact) mass is 439 g/mol. The molecule has 0 unspecified atom stereocenters. The van der Waals surface area contributed by atoms with Gasteiger partial charge in [0.15, 0.2) is 0 Å². The first-order valence-corrected chi connectivity index (χ1v) is 8.90. The molecule has 6 nitrogen and oxygen atoms in total. The Balaban J connectivity index is 0.00000512. The zero-order valence-electron chi connectivity index (χ0n) is 17.2. The van der Waals surface area contributed by atoms with Gasteiger partial charge in [0.05, 0.1) is 12.7 Å².